The summed E-state index contributed by atoms with van der Waals surface area (Å²) in [7, 11) is 0. The zero-order valence-electron chi connectivity index (χ0n) is 13.7. The van der Waals surface area contributed by atoms with Gasteiger partial charge in [0.2, 0.25) is 5.91 Å². The minimum atomic E-state index is 0. The highest BCUT2D eigenvalue weighted by atomic mass is 35.5. The zero-order chi connectivity index (χ0) is 16.2. The number of oxazole rings is 1. The van der Waals surface area contributed by atoms with Crippen molar-refractivity contribution < 1.29 is 9.21 Å². The molecule has 9 heteroatoms. The Morgan fingerprint density at radius 3 is 3.00 bits per heavy atom. The average molecular weight is 410 g/mol. The van der Waals surface area contributed by atoms with E-state index in [1.54, 1.807) is 12.1 Å². The minimum absolute atomic E-state index is 0. The second kappa shape index (κ2) is 10.1. The van der Waals surface area contributed by atoms with Crippen LogP contribution in [-0.2, 0) is 4.79 Å². The summed E-state index contributed by atoms with van der Waals surface area (Å²) in [6.07, 6.45) is 2.58. The molecule has 140 valence electrons. The molecule has 25 heavy (non-hydrogen) atoms. The molecule has 0 radical (unpaired) electrons. The van der Waals surface area contributed by atoms with Gasteiger partial charge in [0.15, 0.2) is 5.58 Å². The molecular weight excluding hydrogens is 387 g/mol. The number of anilines is 1. The number of benzene rings is 1. The van der Waals surface area contributed by atoms with Gasteiger partial charge < -0.3 is 20.4 Å². The van der Waals surface area contributed by atoms with E-state index in [9.17, 15) is 4.79 Å². The Hall–Kier alpha value is -1.21. The van der Waals surface area contributed by atoms with E-state index in [0.717, 1.165) is 31.4 Å². The summed E-state index contributed by atoms with van der Waals surface area (Å²) < 4.78 is 5.82. The second-order valence-electron chi connectivity index (χ2n) is 5.91. The maximum Gasteiger partial charge on any atom is 0.298 e. The van der Waals surface area contributed by atoms with E-state index in [4.69, 9.17) is 21.8 Å². The van der Waals surface area contributed by atoms with E-state index in [2.05, 4.69) is 15.2 Å². The highest BCUT2D eigenvalue weighted by molar-refractivity contribution is 6.31. The third kappa shape index (κ3) is 5.64. The van der Waals surface area contributed by atoms with Gasteiger partial charge in [-0.25, -0.2) is 0 Å². The van der Waals surface area contributed by atoms with Crippen LogP contribution in [-0.4, -0.2) is 37.1 Å². The number of nitrogens with zero attached hydrogens (tertiary/aromatic N) is 2. The molecule has 2 aromatic rings. The summed E-state index contributed by atoms with van der Waals surface area (Å²) in [4.78, 5) is 18.5. The number of carbonyl (C=O) groups is 1. The number of hydrogen-bond donors (Lipinski definition) is 2. The molecule has 3 rings (SSSR count). The molecule has 0 saturated carbocycles. The number of amides is 1. The quantitative estimate of drug-likeness (QED) is 0.793. The van der Waals surface area contributed by atoms with Crippen molar-refractivity contribution in [2.45, 2.75) is 19.3 Å². The first-order valence-electron chi connectivity index (χ1n) is 7.93. The van der Waals surface area contributed by atoms with Gasteiger partial charge in [0.25, 0.3) is 6.01 Å². The SMILES string of the molecule is Cl.Cl.NCCNC(=O)CC1CCCN(c2nc3ccc(Cl)cc3o2)C1. The van der Waals surface area contributed by atoms with Crippen LogP contribution >= 0.6 is 36.4 Å². The second-order valence-corrected chi connectivity index (χ2v) is 6.34. The van der Waals surface area contributed by atoms with Crippen molar-refractivity contribution in [2.75, 3.05) is 31.1 Å². The summed E-state index contributed by atoms with van der Waals surface area (Å²) in [6, 6.07) is 6.03. The van der Waals surface area contributed by atoms with Gasteiger partial charge in [-0.1, -0.05) is 11.6 Å². The molecule has 1 aliphatic rings. The lowest BCUT2D eigenvalue weighted by molar-refractivity contribution is -0.122. The van der Waals surface area contributed by atoms with E-state index in [0.29, 0.717) is 42.0 Å². The summed E-state index contributed by atoms with van der Waals surface area (Å²) in [5, 5.41) is 3.46. The van der Waals surface area contributed by atoms with Gasteiger partial charge >= 0.3 is 0 Å². The highest BCUT2D eigenvalue weighted by Gasteiger charge is 2.25. The molecule has 0 aliphatic carbocycles. The van der Waals surface area contributed by atoms with Crippen LogP contribution in [0, 0.1) is 5.92 Å². The van der Waals surface area contributed by atoms with Gasteiger partial charge in [0, 0.05) is 43.7 Å². The molecule has 1 saturated heterocycles. The molecule has 1 aromatic heterocycles. The first kappa shape index (κ1) is 21.8. The van der Waals surface area contributed by atoms with E-state index in [1.165, 1.54) is 0 Å². The number of carbonyl (C=O) groups excluding carboxylic acids is 1. The van der Waals surface area contributed by atoms with Gasteiger partial charge in [-0.3, -0.25) is 4.79 Å². The van der Waals surface area contributed by atoms with Crippen LogP contribution in [0.25, 0.3) is 11.1 Å². The number of piperidine rings is 1. The number of nitrogens with two attached hydrogens (primary N) is 1. The van der Waals surface area contributed by atoms with Crippen molar-refractivity contribution in [1.82, 2.24) is 10.3 Å². The number of halogens is 3. The summed E-state index contributed by atoms with van der Waals surface area (Å²) in [6.45, 7) is 2.66. The van der Waals surface area contributed by atoms with E-state index in [1.807, 2.05) is 6.07 Å². The number of fused-ring (bicyclic) bond motifs is 1. The first-order valence-corrected chi connectivity index (χ1v) is 8.31. The topological polar surface area (TPSA) is 84.4 Å². The van der Waals surface area contributed by atoms with Crippen molar-refractivity contribution in [1.29, 1.82) is 0 Å². The van der Waals surface area contributed by atoms with Crippen LogP contribution in [0.1, 0.15) is 19.3 Å². The van der Waals surface area contributed by atoms with Gasteiger partial charge in [0.1, 0.15) is 5.52 Å². The third-order valence-corrected chi connectivity index (χ3v) is 4.30. The Kier molecular flexibility index (Phi) is 8.79. The molecule has 2 heterocycles. The van der Waals surface area contributed by atoms with Crippen LogP contribution in [0.15, 0.2) is 22.6 Å². The van der Waals surface area contributed by atoms with Crippen molar-refractivity contribution >= 4 is 59.4 Å². The van der Waals surface area contributed by atoms with Gasteiger partial charge in [0.05, 0.1) is 0 Å². The molecule has 3 N–H and O–H groups in total. The summed E-state index contributed by atoms with van der Waals surface area (Å²) in [5.74, 6) is 0.367. The monoisotopic (exact) mass is 408 g/mol. The first-order chi connectivity index (χ1) is 11.2. The van der Waals surface area contributed by atoms with Crippen LogP contribution in [0.3, 0.4) is 0 Å². The molecule has 1 fully saturated rings. The summed E-state index contributed by atoms with van der Waals surface area (Å²) in [5.41, 5.74) is 6.89. The molecule has 1 unspecified atom stereocenters. The van der Waals surface area contributed by atoms with Gasteiger partial charge in [-0.15, -0.1) is 24.8 Å². The minimum Gasteiger partial charge on any atom is -0.423 e. The van der Waals surface area contributed by atoms with E-state index >= 15 is 0 Å². The van der Waals surface area contributed by atoms with Crippen LogP contribution in [0.2, 0.25) is 5.02 Å². The van der Waals surface area contributed by atoms with Crippen molar-refractivity contribution in [3.05, 3.63) is 23.2 Å². The molecule has 1 aromatic carbocycles. The lowest BCUT2D eigenvalue weighted by Gasteiger charge is -2.31. The van der Waals surface area contributed by atoms with Crippen LogP contribution < -0.4 is 16.0 Å². The van der Waals surface area contributed by atoms with Crippen molar-refractivity contribution in [2.24, 2.45) is 11.7 Å². The molecule has 0 spiro atoms. The van der Waals surface area contributed by atoms with Crippen molar-refractivity contribution in [3.63, 3.8) is 0 Å². The lowest BCUT2D eigenvalue weighted by atomic mass is 9.95. The highest BCUT2D eigenvalue weighted by Crippen LogP contribution is 2.28. The van der Waals surface area contributed by atoms with E-state index in [-0.39, 0.29) is 30.7 Å². The Bertz CT molecular complexity index is 695. The molecular formula is C16H23Cl3N4O2. The molecule has 1 aliphatic heterocycles. The molecule has 1 atom stereocenters. The largest absolute Gasteiger partial charge is 0.423 e. The fourth-order valence-corrected chi connectivity index (χ4v) is 3.14. The molecule has 6 nitrogen and oxygen atoms in total. The predicted molar refractivity (Wildman–Crippen MR) is 105 cm³/mol. The standard InChI is InChI=1S/C16H21ClN4O2.2ClH/c17-12-3-4-13-14(9-12)23-16(20-13)21-7-1-2-11(10-21)8-15(22)19-6-5-18;;/h3-4,9,11H,1-2,5-8,10,18H2,(H,19,22);2*1H. The van der Waals surface area contributed by atoms with Crippen LogP contribution in [0.5, 0.6) is 0 Å². The Morgan fingerprint density at radius 1 is 1.44 bits per heavy atom. The summed E-state index contributed by atoms with van der Waals surface area (Å²) >= 11 is 5.98. The number of nitrogens with one attached hydrogen (secondary N) is 1. The average Bonchev–Trinajstić information content (AvgIpc) is 2.96. The third-order valence-electron chi connectivity index (χ3n) is 4.07. The maximum atomic E-state index is 11.9. The predicted octanol–water partition coefficient (Wildman–Crippen LogP) is 3.01. The maximum absolute atomic E-state index is 11.9. The number of aromatic nitrogens is 1. The Morgan fingerprint density at radius 2 is 2.24 bits per heavy atom. The number of hydrogen-bond acceptors (Lipinski definition) is 5. The Balaban J connectivity index is 0.00000156. The molecule has 0 bridgehead atoms. The fourth-order valence-electron chi connectivity index (χ4n) is 2.97. The van der Waals surface area contributed by atoms with Crippen molar-refractivity contribution in [3.8, 4) is 0 Å². The normalized spacial score (nSPS) is 16.9. The molecule has 1 amide bonds. The van der Waals surface area contributed by atoms with Gasteiger partial charge in [-0.05, 0) is 30.9 Å². The lowest BCUT2D eigenvalue weighted by Crippen LogP contribution is -2.38. The van der Waals surface area contributed by atoms with Crippen LogP contribution in [0.4, 0.5) is 6.01 Å². The van der Waals surface area contributed by atoms with Gasteiger partial charge in [-0.2, -0.15) is 4.98 Å². The number of rotatable bonds is 5. The fraction of sp³-hybridized carbons (Fsp3) is 0.500. The van der Waals surface area contributed by atoms with E-state index < -0.39 is 0 Å². The smallest absolute Gasteiger partial charge is 0.298 e. The Labute approximate surface area is 164 Å². The zero-order valence-corrected chi connectivity index (χ0v) is 16.1.